The third kappa shape index (κ3) is 3.15. The zero-order chi connectivity index (χ0) is 17.3. The quantitative estimate of drug-likeness (QED) is 0.740. The Bertz CT molecular complexity index is 914. The molecule has 0 fully saturated rings. The Morgan fingerprint density at radius 3 is 2.75 bits per heavy atom. The van der Waals surface area contributed by atoms with Crippen molar-refractivity contribution in [3.63, 3.8) is 0 Å². The number of hydrogen-bond acceptors (Lipinski definition) is 2. The highest BCUT2D eigenvalue weighted by Gasteiger charge is 2.19. The third-order valence-electron chi connectivity index (χ3n) is 3.97. The maximum atomic E-state index is 12.9. The number of benzene rings is 1. The lowest BCUT2D eigenvalue weighted by Crippen LogP contribution is -2.16. The second-order valence-electron chi connectivity index (χ2n) is 6.01. The Hall–Kier alpha value is -2.33. The standard InChI is InChI=1S/C19H20ClN3O/c1-4-5-16-18(23-11-12(2)6-9-17(23)22-16)19(24)21-14-8-7-13(3)15(20)10-14/h6-11H,4-5H2,1-3H3,(H,21,24). The maximum Gasteiger partial charge on any atom is 0.274 e. The zero-order valence-electron chi connectivity index (χ0n) is 14.1. The van der Waals surface area contributed by atoms with Gasteiger partial charge in [0.2, 0.25) is 0 Å². The number of nitrogens with one attached hydrogen (secondary N) is 1. The molecule has 24 heavy (non-hydrogen) atoms. The van der Waals surface area contributed by atoms with Gasteiger partial charge in [-0.3, -0.25) is 9.20 Å². The van der Waals surface area contributed by atoms with Crippen LogP contribution in [0.4, 0.5) is 5.69 Å². The Balaban J connectivity index is 2.02. The van der Waals surface area contributed by atoms with Crippen LogP contribution >= 0.6 is 11.6 Å². The molecule has 0 bridgehead atoms. The Morgan fingerprint density at radius 2 is 2.04 bits per heavy atom. The molecular formula is C19H20ClN3O. The van der Waals surface area contributed by atoms with Crippen LogP contribution in [0, 0.1) is 13.8 Å². The molecule has 1 amide bonds. The lowest BCUT2D eigenvalue weighted by molar-refractivity contribution is 0.102. The van der Waals surface area contributed by atoms with Gasteiger partial charge in [-0.15, -0.1) is 0 Å². The number of pyridine rings is 1. The number of fused-ring (bicyclic) bond motifs is 1. The number of amides is 1. The lowest BCUT2D eigenvalue weighted by Gasteiger charge is -2.08. The Kier molecular flexibility index (Phi) is 4.58. The summed E-state index contributed by atoms with van der Waals surface area (Å²) >= 11 is 6.15. The molecule has 3 aromatic rings. The molecular weight excluding hydrogens is 322 g/mol. The highest BCUT2D eigenvalue weighted by Crippen LogP contribution is 2.22. The predicted octanol–water partition coefficient (Wildman–Crippen LogP) is 4.81. The summed E-state index contributed by atoms with van der Waals surface area (Å²) in [6.45, 7) is 6.01. The van der Waals surface area contributed by atoms with Crippen LogP contribution < -0.4 is 5.32 Å². The zero-order valence-corrected chi connectivity index (χ0v) is 14.8. The molecule has 0 spiro atoms. The number of halogens is 1. The topological polar surface area (TPSA) is 46.4 Å². The fourth-order valence-electron chi connectivity index (χ4n) is 2.71. The van der Waals surface area contributed by atoms with Gasteiger partial charge in [-0.2, -0.15) is 0 Å². The van der Waals surface area contributed by atoms with Crippen LogP contribution in [0.5, 0.6) is 0 Å². The third-order valence-corrected chi connectivity index (χ3v) is 4.38. The van der Waals surface area contributed by atoms with Crippen molar-refractivity contribution in [1.82, 2.24) is 9.38 Å². The normalized spacial score (nSPS) is 11.0. The van der Waals surface area contributed by atoms with Crippen molar-refractivity contribution in [3.8, 4) is 0 Å². The number of nitrogens with zero attached hydrogens (tertiary/aromatic N) is 2. The first-order valence-electron chi connectivity index (χ1n) is 8.04. The number of imidazole rings is 1. The summed E-state index contributed by atoms with van der Waals surface area (Å²) in [7, 11) is 0. The van der Waals surface area contributed by atoms with Crippen molar-refractivity contribution >= 4 is 28.8 Å². The van der Waals surface area contributed by atoms with E-state index >= 15 is 0 Å². The summed E-state index contributed by atoms with van der Waals surface area (Å²) in [5, 5.41) is 3.57. The van der Waals surface area contributed by atoms with Crippen LogP contribution in [0.3, 0.4) is 0 Å². The SMILES string of the molecule is CCCc1nc2ccc(C)cn2c1C(=O)Nc1ccc(C)c(Cl)c1. The smallest absolute Gasteiger partial charge is 0.274 e. The van der Waals surface area contributed by atoms with Crippen LogP contribution in [-0.4, -0.2) is 15.3 Å². The summed E-state index contributed by atoms with van der Waals surface area (Å²) in [5.41, 5.74) is 4.94. The first kappa shape index (κ1) is 16.5. The number of carbonyl (C=O) groups excluding carboxylic acids is 1. The van der Waals surface area contributed by atoms with Crippen molar-refractivity contribution < 1.29 is 4.79 Å². The molecule has 4 nitrogen and oxygen atoms in total. The number of anilines is 1. The molecule has 3 rings (SSSR count). The van der Waals surface area contributed by atoms with Crippen molar-refractivity contribution in [1.29, 1.82) is 0 Å². The summed E-state index contributed by atoms with van der Waals surface area (Å²) in [6, 6.07) is 9.45. The molecule has 1 N–H and O–H groups in total. The number of aryl methyl sites for hydroxylation is 3. The Morgan fingerprint density at radius 1 is 1.25 bits per heavy atom. The van der Waals surface area contributed by atoms with E-state index in [4.69, 9.17) is 11.6 Å². The molecule has 124 valence electrons. The molecule has 0 saturated heterocycles. The van der Waals surface area contributed by atoms with Crippen molar-refractivity contribution in [2.75, 3.05) is 5.32 Å². The number of carbonyl (C=O) groups is 1. The molecule has 0 saturated carbocycles. The summed E-state index contributed by atoms with van der Waals surface area (Å²) in [5.74, 6) is -0.170. The molecule has 2 aromatic heterocycles. The van der Waals surface area contributed by atoms with Crippen LogP contribution in [0.1, 0.15) is 40.7 Å². The predicted molar refractivity (Wildman–Crippen MR) is 98.1 cm³/mol. The van der Waals surface area contributed by atoms with E-state index in [0.717, 1.165) is 35.3 Å². The van der Waals surface area contributed by atoms with Gasteiger partial charge in [0.25, 0.3) is 5.91 Å². The van der Waals surface area contributed by atoms with Crippen molar-refractivity contribution in [3.05, 3.63) is 64.1 Å². The molecule has 5 heteroatoms. The highest BCUT2D eigenvalue weighted by molar-refractivity contribution is 6.31. The molecule has 0 aliphatic heterocycles. The van der Waals surface area contributed by atoms with Gasteiger partial charge in [0, 0.05) is 16.9 Å². The Labute approximate surface area is 146 Å². The summed E-state index contributed by atoms with van der Waals surface area (Å²) in [6.07, 6.45) is 3.64. The number of aromatic nitrogens is 2. The maximum absolute atomic E-state index is 12.9. The van der Waals surface area contributed by atoms with Crippen LogP contribution in [-0.2, 0) is 6.42 Å². The van der Waals surface area contributed by atoms with E-state index in [1.165, 1.54) is 0 Å². The van der Waals surface area contributed by atoms with E-state index in [1.54, 1.807) is 6.07 Å². The fraction of sp³-hybridized carbons (Fsp3) is 0.263. The molecule has 0 radical (unpaired) electrons. The molecule has 0 unspecified atom stereocenters. The number of hydrogen-bond donors (Lipinski definition) is 1. The van der Waals surface area contributed by atoms with E-state index in [9.17, 15) is 4.79 Å². The van der Waals surface area contributed by atoms with E-state index < -0.39 is 0 Å². The number of rotatable bonds is 4. The summed E-state index contributed by atoms with van der Waals surface area (Å²) in [4.78, 5) is 17.5. The van der Waals surface area contributed by atoms with Gasteiger partial charge in [0.1, 0.15) is 11.3 Å². The summed E-state index contributed by atoms with van der Waals surface area (Å²) < 4.78 is 1.87. The van der Waals surface area contributed by atoms with Gasteiger partial charge in [-0.25, -0.2) is 4.98 Å². The first-order chi connectivity index (χ1) is 11.5. The lowest BCUT2D eigenvalue weighted by atomic mass is 10.2. The minimum atomic E-state index is -0.170. The van der Waals surface area contributed by atoms with Gasteiger partial charge in [-0.05, 0) is 49.6 Å². The van der Waals surface area contributed by atoms with Gasteiger partial charge >= 0.3 is 0 Å². The average molecular weight is 342 g/mol. The second-order valence-corrected chi connectivity index (χ2v) is 6.42. The van der Waals surface area contributed by atoms with Crippen LogP contribution in [0.15, 0.2) is 36.5 Å². The van der Waals surface area contributed by atoms with Crippen LogP contribution in [0.25, 0.3) is 5.65 Å². The monoisotopic (exact) mass is 341 g/mol. The van der Waals surface area contributed by atoms with Gasteiger partial charge in [-0.1, -0.05) is 37.1 Å². The minimum Gasteiger partial charge on any atom is -0.321 e. The van der Waals surface area contributed by atoms with E-state index in [0.29, 0.717) is 16.4 Å². The molecule has 0 atom stereocenters. The van der Waals surface area contributed by atoms with E-state index in [1.807, 2.05) is 48.7 Å². The largest absolute Gasteiger partial charge is 0.321 e. The molecule has 0 aliphatic carbocycles. The molecule has 0 aliphatic rings. The molecule has 2 heterocycles. The van der Waals surface area contributed by atoms with Gasteiger partial charge in [0.05, 0.1) is 5.69 Å². The first-order valence-corrected chi connectivity index (χ1v) is 8.42. The minimum absolute atomic E-state index is 0.170. The second kappa shape index (κ2) is 6.65. The van der Waals surface area contributed by atoms with Crippen molar-refractivity contribution in [2.45, 2.75) is 33.6 Å². The van der Waals surface area contributed by atoms with E-state index in [-0.39, 0.29) is 5.91 Å². The van der Waals surface area contributed by atoms with Crippen LogP contribution in [0.2, 0.25) is 5.02 Å². The molecule has 1 aromatic carbocycles. The fourth-order valence-corrected chi connectivity index (χ4v) is 2.89. The van der Waals surface area contributed by atoms with E-state index in [2.05, 4.69) is 17.2 Å². The highest BCUT2D eigenvalue weighted by atomic mass is 35.5. The van der Waals surface area contributed by atoms with Gasteiger partial charge < -0.3 is 5.32 Å². The van der Waals surface area contributed by atoms with Crippen molar-refractivity contribution in [2.24, 2.45) is 0 Å². The average Bonchev–Trinajstić information content (AvgIpc) is 2.88. The van der Waals surface area contributed by atoms with Gasteiger partial charge in [0.15, 0.2) is 0 Å².